The van der Waals surface area contributed by atoms with Crippen molar-refractivity contribution in [2.45, 2.75) is 56.0 Å². The number of aryl methyl sites for hydroxylation is 1. The van der Waals surface area contributed by atoms with Crippen molar-refractivity contribution in [3.8, 4) is 0 Å². The van der Waals surface area contributed by atoms with Gasteiger partial charge >= 0.3 is 0 Å². The normalized spacial score (nSPS) is 27.6. The molecule has 2 aliphatic rings. The van der Waals surface area contributed by atoms with Crippen LogP contribution in [0.5, 0.6) is 0 Å². The van der Waals surface area contributed by atoms with Gasteiger partial charge < -0.3 is 0 Å². The van der Waals surface area contributed by atoms with Crippen LogP contribution in [0.2, 0.25) is 0 Å². The second-order valence-corrected chi connectivity index (χ2v) is 7.89. The van der Waals surface area contributed by atoms with Crippen molar-refractivity contribution in [1.82, 2.24) is 4.31 Å². The predicted molar refractivity (Wildman–Crippen MR) is 80.0 cm³/mol. The average molecular weight is 291 g/mol. The van der Waals surface area contributed by atoms with Crippen LogP contribution in [0, 0.1) is 6.92 Å². The van der Waals surface area contributed by atoms with E-state index in [9.17, 15) is 8.42 Å². The summed E-state index contributed by atoms with van der Waals surface area (Å²) in [6.45, 7) is 6.04. The Hall–Kier alpha value is -1.13. The molecule has 2 aliphatic heterocycles. The number of fused-ring (bicyclic) bond motifs is 2. The number of nitrogens with zero attached hydrogens (tertiary/aromatic N) is 1. The second-order valence-electron chi connectivity index (χ2n) is 6.04. The van der Waals surface area contributed by atoms with Gasteiger partial charge in [0.25, 0.3) is 0 Å². The maximum atomic E-state index is 12.9. The van der Waals surface area contributed by atoms with E-state index < -0.39 is 10.0 Å². The first-order chi connectivity index (χ1) is 9.48. The van der Waals surface area contributed by atoms with Gasteiger partial charge in [-0.05, 0) is 44.7 Å². The van der Waals surface area contributed by atoms with E-state index in [0.29, 0.717) is 4.90 Å². The molecule has 0 N–H and O–H groups in total. The third-order valence-electron chi connectivity index (χ3n) is 4.44. The summed E-state index contributed by atoms with van der Waals surface area (Å²) in [4.78, 5) is 0.424. The fraction of sp³-hybridized carbons (Fsp3) is 0.500. The summed E-state index contributed by atoms with van der Waals surface area (Å²) in [5, 5.41) is 0. The zero-order chi connectivity index (χ0) is 14.3. The summed E-state index contributed by atoms with van der Waals surface area (Å²) < 4.78 is 27.6. The second kappa shape index (κ2) is 5.01. The molecule has 0 saturated carbocycles. The molecule has 0 radical (unpaired) electrons. The molecule has 0 aliphatic carbocycles. The van der Waals surface area contributed by atoms with Crippen LogP contribution in [0.15, 0.2) is 41.3 Å². The minimum absolute atomic E-state index is 0.112. The standard InChI is InChI=1S/C16H21NO2S/c1-12-6-8-16(9-7-12)20(18,19)17-14-4-3-5-15(17)11-13(2)10-14/h6-9,14-15H,2-5,10-11H2,1H3. The summed E-state index contributed by atoms with van der Waals surface area (Å²) in [6, 6.07) is 7.41. The molecule has 108 valence electrons. The number of sulfonamides is 1. The minimum atomic E-state index is -3.37. The first-order valence-corrected chi connectivity index (χ1v) is 8.69. The van der Waals surface area contributed by atoms with Crippen LogP contribution in [0.25, 0.3) is 0 Å². The third-order valence-corrected chi connectivity index (χ3v) is 6.46. The van der Waals surface area contributed by atoms with Crippen molar-refractivity contribution in [3.05, 3.63) is 42.0 Å². The molecule has 2 heterocycles. The highest BCUT2D eigenvalue weighted by Crippen LogP contribution is 2.39. The Morgan fingerprint density at radius 3 is 2.20 bits per heavy atom. The van der Waals surface area contributed by atoms with Crippen molar-refractivity contribution in [3.63, 3.8) is 0 Å². The Kier molecular flexibility index (Phi) is 3.46. The lowest BCUT2D eigenvalue weighted by atomic mass is 9.84. The van der Waals surface area contributed by atoms with E-state index in [2.05, 4.69) is 6.58 Å². The van der Waals surface area contributed by atoms with Gasteiger partial charge in [0.15, 0.2) is 0 Å². The number of piperidine rings is 2. The minimum Gasteiger partial charge on any atom is -0.207 e. The van der Waals surface area contributed by atoms with Gasteiger partial charge in [-0.3, -0.25) is 0 Å². The first-order valence-electron chi connectivity index (χ1n) is 7.25. The van der Waals surface area contributed by atoms with Gasteiger partial charge in [0.1, 0.15) is 0 Å². The molecular weight excluding hydrogens is 270 g/mol. The zero-order valence-electron chi connectivity index (χ0n) is 11.9. The highest BCUT2D eigenvalue weighted by Gasteiger charge is 2.42. The zero-order valence-corrected chi connectivity index (χ0v) is 12.7. The Balaban J connectivity index is 1.98. The van der Waals surface area contributed by atoms with Gasteiger partial charge in [-0.1, -0.05) is 36.3 Å². The molecule has 2 fully saturated rings. The van der Waals surface area contributed by atoms with E-state index >= 15 is 0 Å². The fourth-order valence-corrected chi connectivity index (χ4v) is 5.37. The highest BCUT2D eigenvalue weighted by atomic mass is 32.2. The summed E-state index contributed by atoms with van der Waals surface area (Å²) in [7, 11) is -3.37. The van der Waals surface area contributed by atoms with Gasteiger partial charge in [-0.25, -0.2) is 8.42 Å². The smallest absolute Gasteiger partial charge is 0.207 e. The molecule has 2 unspecified atom stereocenters. The van der Waals surface area contributed by atoms with Crippen molar-refractivity contribution >= 4 is 10.0 Å². The summed E-state index contributed by atoms with van der Waals surface area (Å²) in [6.07, 6.45) is 4.69. The molecule has 0 spiro atoms. The van der Waals surface area contributed by atoms with Crippen molar-refractivity contribution in [2.75, 3.05) is 0 Å². The van der Waals surface area contributed by atoms with Crippen molar-refractivity contribution in [2.24, 2.45) is 0 Å². The quantitative estimate of drug-likeness (QED) is 0.784. The Morgan fingerprint density at radius 2 is 1.65 bits per heavy atom. The molecule has 2 atom stereocenters. The van der Waals surface area contributed by atoms with E-state index in [0.717, 1.165) is 37.7 Å². The molecular formula is C16H21NO2S. The molecule has 0 aromatic heterocycles. The Morgan fingerprint density at radius 1 is 1.10 bits per heavy atom. The maximum Gasteiger partial charge on any atom is 0.243 e. The highest BCUT2D eigenvalue weighted by molar-refractivity contribution is 7.89. The van der Waals surface area contributed by atoms with E-state index in [4.69, 9.17) is 0 Å². The molecule has 4 heteroatoms. The first kappa shape index (κ1) is 13.8. The van der Waals surface area contributed by atoms with E-state index in [1.807, 2.05) is 19.1 Å². The maximum absolute atomic E-state index is 12.9. The lowest BCUT2D eigenvalue weighted by Crippen LogP contribution is -2.52. The molecule has 3 rings (SSSR count). The summed E-state index contributed by atoms with van der Waals surface area (Å²) >= 11 is 0. The van der Waals surface area contributed by atoms with Crippen molar-refractivity contribution < 1.29 is 8.42 Å². The lowest BCUT2D eigenvalue weighted by Gasteiger charge is -2.45. The molecule has 20 heavy (non-hydrogen) atoms. The SMILES string of the molecule is C=C1CC2CCCC(C1)N2S(=O)(=O)c1ccc(C)cc1. The van der Waals surface area contributed by atoms with Crippen LogP contribution < -0.4 is 0 Å². The largest absolute Gasteiger partial charge is 0.243 e. The number of hydrogen-bond donors (Lipinski definition) is 0. The predicted octanol–water partition coefficient (Wildman–Crippen LogP) is 3.26. The summed E-state index contributed by atoms with van der Waals surface area (Å²) in [5.74, 6) is 0. The molecule has 1 aromatic rings. The number of hydrogen-bond acceptors (Lipinski definition) is 2. The fourth-order valence-electron chi connectivity index (χ4n) is 3.50. The number of benzene rings is 1. The third kappa shape index (κ3) is 2.31. The topological polar surface area (TPSA) is 37.4 Å². The van der Waals surface area contributed by atoms with Crippen LogP contribution in [0.4, 0.5) is 0 Å². The Labute approximate surface area is 121 Å². The van der Waals surface area contributed by atoms with Gasteiger partial charge in [0.05, 0.1) is 4.90 Å². The van der Waals surface area contributed by atoms with E-state index in [1.165, 1.54) is 5.57 Å². The van der Waals surface area contributed by atoms with Crippen LogP contribution in [-0.4, -0.2) is 24.8 Å². The Bertz CT molecular complexity index is 602. The molecule has 0 amide bonds. The van der Waals surface area contributed by atoms with E-state index in [1.54, 1.807) is 16.4 Å². The van der Waals surface area contributed by atoms with Crippen molar-refractivity contribution in [1.29, 1.82) is 0 Å². The monoisotopic (exact) mass is 291 g/mol. The van der Waals surface area contributed by atoms with Gasteiger partial charge in [0.2, 0.25) is 10.0 Å². The average Bonchev–Trinajstić information content (AvgIpc) is 2.37. The number of rotatable bonds is 2. The van der Waals surface area contributed by atoms with Gasteiger partial charge in [-0.2, -0.15) is 4.31 Å². The summed E-state index contributed by atoms with van der Waals surface area (Å²) in [5.41, 5.74) is 2.28. The lowest BCUT2D eigenvalue weighted by molar-refractivity contribution is 0.151. The molecule has 1 aromatic carbocycles. The van der Waals surface area contributed by atoms with Gasteiger partial charge in [-0.15, -0.1) is 0 Å². The van der Waals surface area contributed by atoms with Crippen LogP contribution in [0.3, 0.4) is 0 Å². The van der Waals surface area contributed by atoms with Gasteiger partial charge in [0, 0.05) is 12.1 Å². The van der Waals surface area contributed by atoms with Crippen LogP contribution >= 0.6 is 0 Å². The van der Waals surface area contributed by atoms with E-state index in [-0.39, 0.29) is 12.1 Å². The molecule has 2 bridgehead atoms. The van der Waals surface area contributed by atoms with Crippen LogP contribution in [0.1, 0.15) is 37.7 Å². The van der Waals surface area contributed by atoms with Crippen LogP contribution in [-0.2, 0) is 10.0 Å². The molecule has 3 nitrogen and oxygen atoms in total. The molecule has 2 saturated heterocycles.